The quantitative estimate of drug-likeness (QED) is 0.598. The van der Waals surface area contributed by atoms with Crippen LogP contribution in [0.4, 0.5) is 5.69 Å². The van der Waals surface area contributed by atoms with E-state index in [0.29, 0.717) is 42.4 Å². The average molecular weight is 436 g/mol. The zero-order valence-electron chi connectivity index (χ0n) is 16.9. The van der Waals surface area contributed by atoms with Crippen molar-refractivity contribution in [2.24, 2.45) is 0 Å². The van der Waals surface area contributed by atoms with Crippen LogP contribution in [0.15, 0.2) is 66.9 Å². The van der Waals surface area contributed by atoms with Crippen LogP contribution in [-0.2, 0) is 17.9 Å². The second kappa shape index (κ2) is 9.62. The van der Waals surface area contributed by atoms with Gasteiger partial charge in [-0.2, -0.15) is 0 Å². The molecule has 0 unspecified atom stereocenters. The first-order valence-electron chi connectivity index (χ1n) is 10.1. The molecule has 1 fully saturated rings. The number of rotatable bonds is 7. The predicted octanol–water partition coefficient (Wildman–Crippen LogP) is 4.37. The third-order valence-corrected chi connectivity index (χ3v) is 5.29. The van der Waals surface area contributed by atoms with Gasteiger partial charge in [0.2, 0.25) is 5.91 Å². The molecule has 0 spiro atoms. The fraction of sp³-hybridized carbons (Fsp3) is 0.208. The Hall–Kier alpha value is -3.38. The summed E-state index contributed by atoms with van der Waals surface area (Å²) in [7, 11) is 0. The van der Waals surface area contributed by atoms with Gasteiger partial charge in [0, 0.05) is 30.7 Å². The highest BCUT2D eigenvalue weighted by Crippen LogP contribution is 2.28. The Morgan fingerprint density at radius 3 is 2.68 bits per heavy atom. The van der Waals surface area contributed by atoms with E-state index in [0.717, 1.165) is 23.4 Å². The fourth-order valence-corrected chi connectivity index (χ4v) is 3.61. The summed E-state index contributed by atoms with van der Waals surface area (Å²) in [5, 5.41) is 3.41. The van der Waals surface area contributed by atoms with Crippen molar-refractivity contribution in [3.05, 3.63) is 88.7 Å². The number of anilines is 1. The summed E-state index contributed by atoms with van der Waals surface area (Å²) in [6.07, 6.45) is 3.00. The van der Waals surface area contributed by atoms with Crippen molar-refractivity contribution < 1.29 is 14.3 Å². The van der Waals surface area contributed by atoms with Crippen molar-refractivity contribution in [2.75, 3.05) is 11.4 Å². The molecule has 1 aliphatic heterocycles. The van der Waals surface area contributed by atoms with Gasteiger partial charge in [-0.1, -0.05) is 29.8 Å². The standard InChI is InChI=1S/C24H22ClN3O3/c25-18-8-11-21(22(14-18)28-13-3-5-23(28)29)24(30)27-15-17-6-9-20(10-7-17)31-16-19-4-1-2-12-26-19/h1-2,4,6-12,14H,3,5,13,15-16H2,(H,27,30). The van der Waals surface area contributed by atoms with Crippen LogP contribution >= 0.6 is 11.6 Å². The molecule has 1 saturated heterocycles. The monoisotopic (exact) mass is 435 g/mol. The zero-order chi connectivity index (χ0) is 21.6. The Morgan fingerprint density at radius 1 is 1.13 bits per heavy atom. The summed E-state index contributed by atoms with van der Waals surface area (Å²) in [6.45, 7) is 1.35. The molecular formula is C24H22ClN3O3. The number of aromatic nitrogens is 1. The van der Waals surface area contributed by atoms with Gasteiger partial charge in [-0.3, -0.25) is 14.6 Å². The summed E-state index contributed by atoms with van der Waals surface area (Å²) in [6, 6.07) is 18.2. The predicted molar refractivity (Wildman–Crippen MR) is 119 cm³/mol. The van der Waals surface area contributed by atoms with Gasteiger partial charge in [0.15, 0.2) is 0 Å². The molecule has 0 atom stereocenters. The molecule has 0 aliphatic carbocycles. The fourth-order valence-electron chi connectivity index (χ4n) is 3.44. The number of benzene rings is 2. The van der Waals surface area contributed by atoms with E-state index in [1.165, 1.54) is 0 Å². The third kappa shape index (κ3) is 5.22. The van der Waals surface area contributed by atoms with E-state index in [4.69, 9.17) is 16.3 Å². The molecule has 7 heteroatoms. The molecule has 1 aliphatic rings. The lowest BCUT2D eigenvalue weighted by molar-refractivity contribution is -0.117. The van der Waals surface area contributed by atoms with Gasteiger partial charge in [-0.25, -0.2) is 0 Å². The van der Waals surface area contributed by atoms with Gasteiger partial charge in [-0.15, -0.1) is 0 Å². The molecule has 1 N–H and O–H groups in total. The molecule has 2 amide bonds. The van der Waals surface area contributed by atoms with Crippen molar-refractivity contribution >= 4 is 29.1 Å². The molecule has 31 heavy (non-hydrogen) atoms. The maximum Gasteiger partial charge on any atom is 0.253 e. The van der Waals surface area contributed by atoms with E-state index < -0.39 is 0 Å². The van der Waals surface area contributed by atoms with E-state index >= 15 is 0 Å². The van der Waals surface area contributed by atoms with Crippen LogP contribution in [0.3, 0.4) is 0 Å². The van der Waals surface area contributed by atoms with Crippen molar-refractivity contribution in [1.29, 1.82) is 0 Å². The first-order chi connectivity index (χ1) is 15.1. The summed E-state index contributed by atoms with van der Waals surface area (Å²) >= 11 is 6.11. The van der Waals surface area contributed by atoms with Crippen LogP contribution in [0, 0.1) is 0 Å². The number of nitrogens with zero attached hydrogens (tertiary/aromatic N) is 2. The summed E-state index contributed by atoms with van der Waals surface area (Å²) in [4.78, 5) is 30.8. The molecule has 1 aromatic heterocycles. The molecule has 0 radical (unpaired) electrons. The smallest absolute Gasteiger partial charge is 0.253 e. The number of hydrogen-bond donors (Lipinski definition) is 1. The van der Waals surface area contributed by atoms with Gasteiger partial charge in [0.1, 0.15) is 12.4 Å². The van der Waals surface area contributed by atoms with E-state index in [9.17, 15) is 9.59 Å². The van der Waals surface area contributed by atoms with Crippen molar-refractivity contribution in [2.45, 2.75) is 26.0 Å². The largest absolute Gasteiger partial charge is 0.487 e. The van der Waals surface area contributed by atoms with E-state index in [2.05, 4.69) is 10.3 Å². The van der Waals surface area contributed by atoms with Gasteiger partial charge in [-0.05, 0) is 54.4 Å². The van der Waals surface area contributed by atoms with Gasteiger partial charge in [0.25, 0.3) is 5.91 Å². The normalized spacial score (nSPS) is 13.3. The molecule has 0 bridgehead atoms. The lowest BCUT2D eigenvalue weighted by atomic mass is 10.1. The molecule has 4 rings (SSSR count). The van der Waals surface area contributed by atoms with E-state index in [1.807, 2.05) is 42.5 Å². The van der Waals surface area contributed by atoms with Crippen LogP contribution in [0.25, 0.3) is 0 Å². The summed E-state index contributed by atoms with van der Waals surface area (Å²) in [5.41, 5.74) is 2.79. The second-order valence-electron chi connectivity index (χ2n) is 7.25. The molecule has 158 valence electrons. The highest BCUT2D eigenvalue weighted by molar-refractivity contribution is 6.31. The number of ether oxygens (including phenoxy) is 1. The topological polar surface area (TPSA) is 71.5 Å². The Kier molecular flexibility index (Phi) is 6.48. The first kappa shape index (κ1) is 20.9. The highest BCUT2D eigenvalue weighted by Gasteiger charge is 2.26. The molecular weight excluding hydrogens is 414 g/mol. The maximum absolute atomic E-state index is 12.8. The van der Waals surface area contributed by atoms with Gasteiger partial charge < -0.3 is 15.0 Å². The van der Waals surface area contributed by atoms with Crippen LogP contribution in [0.1, 0.15) is 34.5 Å². The number of pyridine rings is 1. The highest BCUT2D eigenvalue weighted by atomic mass is 35.5. The molecule has 0 saturated carbocycles. The third-order valence-electron chi connectivity index (χ3n) is 5.06. The average Bonchev–Trinajstić information content (AvgIpc) is 3.23. The van der Waals surface area contributed by atoms with Crippen molar-refractivity contribution in [3.63, 3.8) is 0 Å². The Labute approximate surface area is 185 Å². The zero-order valence-corrected chi connectivity index (χ0v) is 17.6. The lowest BCUT2D eigenvalue weighted by Crippen LogP contribution is -2.29. The number of hydrogen-bond acceptors (Lipinski definition) is 4. The molecule has 2 aromatic carbocycles. The number of nitrogens with one attached hydrogen (secondary N) is 1. The Morgan fingerprint density at radius 2 is 1.97 bits per heavy atom. The van der Waals surface area contributed by atoms with Crippen molar-refractivity contribution in [3.8, 4) is 5.75 Å². The van der Waals surface area contributed by atoms with E-state index in [-0.39, 0.29) is 11.8 Å². The van der Waals surface area contributed by atoms with Crippen LogP contribution in [0.2, 0.25) is 5.02 Å². The van der Waals surface area contributed by atoms with Gasteiger partial charge >= 0.3 is 0 Å². The first-order valence-corrected chi connectivity index (χ1v) is 10.5. The number of carbonyl (C=O) groups excluding carboxylic acids is 2. The van der Waals surface area contributed by atoms with Crippen LogP contribution in [-0.4, -0.2) is 23.3 Å². The minimum atomic E-state index is -0.248. The minimum absolute atomic E-state index is 0.0117. The minimum Gasteiger partial charge on any atom is -0.487 e. The SMILES string of the molecule is O=C(NCc1ccc(OCc2ccccn2)cc1)c1ccc(Cl)cc1N1CCCC1=O. The maximum atomic E-state index is 12.8. The Balaban J connectivity index is 1.37. The summed E-state index contributed by atoms with van der Waals surface area (Å²) in [5.74, 6) is 0.493. The van der Waals surface area contributed by atoms with Gasteiger partial charge in [0.05, 0.1) is 16.9 Å². The number of carbonyl (C=O) groups is 2. The van der Waals surface area contributed by atoms with Crippen LogP contribution < -0.4 is 15.0 Å². The second-order valence-corrected chi connectivity index (χ2v) is 7.68. The number of amides is 2. The van der Waals surface area contributed by atoms with E-state index in [1.54, 1.807) is 29.3 Å². The summed E-state index contributed by atoms with van der Waals surface area (Å²) < 4.78 is 5.74. The molecule has 3 aromatic rings. The number of halogens is 1. The Bertz CT molecular complexity index is 1070. The molecule has 2 heterocycles. The lowest BCUT2D eigenvalue weighted by Gasteiger charge is -2.19. The van der Waals surface area contributed by atoms with Crippen molar-refractivity contribution in [1.82, 2.24) is 10.3 Å². The van der Waals surface area contributed by atoms with Crippen LogP contribution in [0.5, 0.6) is 5.75 Å². The molecule has 6 nitrogen and oxygen atoms in total.